The van der Waals surface area contributed by atoms with Crippen molar-refractivity contribution in [2.24, 2.45) is 0 Å². The minimum Gasteiger partial charge on any atom is -0.346 e. The zero-order chi connectivity index (χ0) is 14.8. The van der Waals surface area contributed by atoms with E-state index in [2.05, 4.69) is 45.1 Å². The molecule has 0 saturated heterocycles. The van der Waals surface area contributed by atoms with Gasteiger partial charge in [-0.3, -0.25) is 0 Å². The monoisotopic (exact) mass is 278 g/mol. The summed E-state index contributed by atoms with van der Waals surface area (Å²) in [6.45, 7) is 6.13. The summed E-state index contributed by atoms with van der Waals surface area (Å²) in [6, 6.07) is 8.37. The van der Waals surface area contributed by atoms with Crippen LogP contribution in [0.2, 0.25) is 0 Å². The van der Waals surface area contributed by atoms with Crippen molar-refractivity contribution >= 4 is 22.1 Å². The van der Waals surface area contributed by atoms with Crippen molar-refractivity contribution in [3.05, 3.63) is 59.7 Å². The smallest absolute Gasteiger partial charge is 0.137 e. The second-order valence-electron chi connectivity index (χ2n) is 5.33. The Kier molecular flexibility index (Phi) is 3.44. The zero-order valence-electron chi connectivity index (χ0n) is 12.4. The first-order chi connectivity index (χ1) is 10.1. The number of nitrogens with zero attached hydrogens (tertiary/aromatic N) is 2. The lowest BCUT2D eigenvalue weighted by atomic mass is 10.2. The predicted molar refractivity (Wildman–Crippen MR) is 86.4 cm³/mol. The Hall–Kier alpha value is -2.62. The van der Waals surface area contributed by atoms with E-state index in [1.807, 2.05) is 38.5 Å². The third-order valence-corrected chi connectivity index (χ3v) is 3.28. The molecule has 0 aromatic carbocycles. The van der Waals surface area contributed by atoms with Gasteiger partial charge >= 0.3 is 0 Å². The van der Waals surface area contributed by atoms with Crippen LogP contribution in [0.3, 0.4) is 0 Å². The standard InChI is InChI=1S/C9H10N2.C8H8N2/c1-6-3-8-4-7(2)11-9(8)10-5-6;1-6-4-7-2-3-9-8(7)10-5-6/h3-5H,1-2H3,(H,10,11);2-5H,1H3,(H,9,10). The summed E-state index contributed by atoms with van der Waals surface area (Å²) in [5.41, 5.74) is 5.51. The number of pyridine rings is 2. The largest absolute Gasteiger partial charge is 0.346 e. The first-order valence-corrected chi connectivity index (χ1v) is 6.93. The maximum Gasteiger partial charge on any atom is 0.137 e. The molecular formula is C17H18N4. The van der Waals surface area contributed by atoms with Gasteiger partial charge in [0.1, 0.15) is 11.3 Å². The van der Waals surface area contributed by atoms with Gasteiger partial charge in [-0.1, -0.05) is 0 Å². The van der Waals surface area contributed by atoms with Gasteiger partial charge in [0.15, 0.2) is 0 Å². The fraction of sp³-hybridized carbons (Fsp3) is 0.176. The highest BCUT2D eigenvalue weighted by atomic mass is 14.8. The van der Waals surface area contributed by atoms with Crippen LogP contribution in [-0.2, 0) is 0 Å². The van der Waals surface area contributed by atoms with Crippen LogP contribution >= 0.6 is 0 Å². The van der Waals surface area contributed by atoms with E-state index in [1.165, 1.54) is 21.9 Å². The average Bonchev–Trinajstić information content (AvgIpc) is 3.03. The van der Waals surface area contributed by atoms with Crippen LogP contribution in [0.25, 0.3) is 22.1 Å². The van der Waals surface area contributed by atoms with E-state index in [1.54, 1.807) is 0 Å². The Labute approximate surface area is 123 Å². The zero-order valence-corrected chi connectivity index (χ0v) is 12.4. The minimum atomic E-state index is 0.964. The van der Waals surface area contributed by atoms with Gasteiger partial charge in [0.05, 0.1) is 0 Å². The van der Waals surface area contributed by atoms with Crippen molar-refractivity contribution in [1.29, 1.82) is 0 Å². The van der Waals surface area contributed by atoms with Crippen molar-refractivity contribution < 1.29 is 0 Å². The summed E-state index contributed by atoms with van der Waals surface area (Å²) in [6.07, 6.45) is 5.63. The second kappa shape index (κ2) is 5.40. The fourth-order valence-corrected chi connectivity index (χ4v) is 2.31. The number of fused-ring (bicyclic) bond motifs is 2. The molecule has 0 saturated carbocycles. The van der Waals surface area contributed by atoms with Crippen molar-refractivity contribution in [3.63, 3.8) is 0 Å². The summed E-state index contributed by atoms with van der Waals surface area (Å²) in [5, 5.41) is 2.38. The molecule has 21 heavy (non-hydrogen) atoms. The third kappa shape index (κ3) is 2.94. The molecule has 4 nitrogen and oxygen atoms in total. The molecule has 4 aromatic heterocycles. The van der Waals surface area contributed by atoms with E-state index >= 15 is 0 Å². The molecule has 0 bridgehead atoms. The number of hydrogen-bond acceptors (Lipinski definition) is 2. The molecule has 0 fully saturated rings. The van der Waals surface area contributed by atoms with Crippen LogP contribution in [0.1, 0.15) is 16.8 Å². The van der Waals surface area contributed by atoms with E-state index in [9.17, 15) is 0 Å². The van der Waals surface area contributed by atoms with Crippen LogP contribution < -0.4 is 0 Å². The van der Waals surface area contributed by atoms with E-state index in [0.29, 0.717) is 0 Å². The molecule has 4 aromatic rings. The number of aromatic amines is 2. The van der Waals surface area contributed by atoms with Crippen LogP contribution in [0.4, 0.5) is 0 Å². The van der Waals surface area contributed by atoms with Gasteiger partial charge in [0.25, 0.3) is 0 Å². The van der Waals surface area contributed by atoms with Gasteiger partial charge in [0.2, 0.25) is 0 Å². The first-order valence-electron chi connectivity index (χ1n) is 6.93. The Morgan fingerprint density at radius 2 is 1.48 bits per heavy atom. The van der Waals surface area contributed by atoms with Gasteiger partial charge in [0, 0.05) is 35.1 Å². The topological polar surface area (TPSA) is 57.4 Å². The van der Waals surface area contributed by atoms with Crippen molar-refractivity contribution in [2.45, 2.75) is 20.8 Å². The number of aromatic nitrogens is 4. The summed E-state index contributed by atoms with van der Waals surface area (Å²) in [5.74, 6) is 0. The molecule has 0 amide bonds. The quantitative estimate of drug-likeness (QED) is 0.510. The maximum absolute atomic E-state index is 4.25. The predicted octanol–water partition coefficient (Wildman–Crippen LogP) is 4.05. The normalized spacial score (nSPS) is 10.6. The number of H-pyrrole nitrogens is 2. The van der Waals surface area contributed by atoms with Gasteiger partial charge in [-0.2, -0.15) is 0 Å². The lowest BCUT2D eigenvalue weighted by Gasteiger charge is -1.89. The highest BCUT2D eigenvalue weighted by Gasteiger charge is 1.96. The molecule has 4 heterocycles. The highest BCUT2D eigenvalue weighted by Crippen LogP contribution is 2.13. The minimum absolute atomic E-state index is 0.964. The van der Waals surface area contributed by atoms with Crippen molar-refractivity contribution in [1.82, 2.24) is 19.9 Å². The van der Waals surface area contributed by atoms with Gasteiger partial charge in [-0.25, -0.2) is 9.97 Å². The molecule has 0 aliphatic carbocycles. The molecule has 0 spiro atoms. The Morgan fingerprint density at radius 3 is 2.24 bits per heavy atom. The molecule has 0 aliphatic heterocycles. The van der Waals surface area contributed by atoms with Gasteiger partial charge in [-0.05, 0) is 56.2 Å². The molecule has 2 N–H and O–H groups in total. The lowest BCUT2D eigenvalue weighted by molar-refractivity contribution is 1.24. The highest BCUT2D eigenvalue weighted by molar-refractivity contribution is 5.77. The van der Waals surface area contributed by atoms with Gasteiger partial charge in [-0.15, -0.1) is 0 Å². The molecule has 0 atom stereocenters. The summed E-state index contributed by atoms with van der Waals surface area (Å²) >= 11 is 0. The molecule has 4 heteroatoms. The summed E-state index contributed by atoms with van der Waals surface area (Å²) < 4.78 is 0. The van der Waals surface area contributed by atoms with Crippen LogP contribution in [0.15, 0.2) is 42.9 Å². The Balaban J connectivity index is 0.000000126. The number of rotatable bonds is 0. The fourth-order valence-electron chi connectivity index (χ4n) is 2.31. The molecule has 106 valence electrons. The second-order valence-corrected chi connectivity index (χ2v) is 5.33. The number of nitrogens with one attached hydrogen (secondary N) is 2. The third-order valence-electron chi connectivity index (χ3n) is 3.28. The Bertz CT molecular complexity index is 886. The number of hydrogen-bond donors (Lipinski definition) is 2. The lowest BCUT2D eigenvalue weighted by Crippen LogP contribution is -1.77. The van der Waals surface area contributed by atoms with Crippen LogP contribution in [0.5, 0.6) is 0 Å². The van der Waals surface area contributed by atoms with Crippen molar-refractivity contribution in [2.75, 3.05) is 0 Å². The first kappa shape index (κ1) is 13.4. The van der Waals surface area contributed by atoms with E-state index < -0.39 is 0 Å². The molecular weight excluding hydrogens is 260 g/mol. The maximum atomic E-state index is 4.25. The molecule has 0 unspecified atom stereocenters. The van der Waals surface area contributed by atoms with Crippen LogP contribution in [0, 0.1) is 20.8 Å². The van der Waals surface area contributed by atoms with Crippen LogP contribution in [-0.4, -0.2) is 19.9 Å². The molecule has 0 aliphatic rings. The SMILES string of the molecule is Cc1cnc2[nH]c(C)cc2c1.Cc1cnc2[nH]ccc2c1. The summed E-state index contributed by atoms with van der Waals surface area (Å²) in [4.78, 5) is 14.6. The number of aryl methyl sites for hydroxylation is 3. The average molecular weight is 278 g/mol. The van der Waals surface area contributed by atoms with E-state index in [4.69, 9.17) is 0 Å². The molecule has 4 rings (SSSR count). The van der Waals surface area contributed by atoms with Gasteiger partial charge < -0.3 is 9.97 Å². The van der Waals surface area contributed by atoms with Crippen molar-refractivity contribution in [3.8, 4) is 0 Å². The van der Waals surface area contributed by atoms with E-state index in [0.717, 1.165) is 17.0 Å². The Morgan fingerprint density at radius 1 is 0.810 bits per heavy atom. The van der Waals surface area contributed by atoms with E-state index in [-0.39, 0.29) is 0 Å². The summed E-state index contributed by atoms with van der Waals surface area (Å²) in [7, 11) is 0. The molecule has 0 radical (unpaired) electrons.